The molecule has 0 saturated heterocycles. The number of carbonyl (C=O) groups is 1. The lowest BCUT2D eigenvalue weighted by molar-refractivity contribution is -0.122. The fourth-order valence-electron chi connectivity index (χ4n) is 1.24. The van der Waals surface area contributed by atoms with Gasteiger partial charge in [-0.25, -0.2) is 0 Å². The van der Waals surface area contributed by atoms with Crippen molar-refractivity contribution in [2.45, 2.75) is 52.1 Å². The Morgan fingerprint density at radius 3 is 2.67 bits per heavy atom. The molecule has 0 rings (SSSR count). The predicted molar refractivity (Wildman–Crippen MR) is 68.1 cm³/mol. The molecule has 0 aliphatic carbocycles. The van der Waals surface area contributed by atoms with Gasteiger partial charge in [-0.1, -0.05) is 26.7 Å². The van der Waals surface area contributed by atoms with Crippen LogP contribution in [0.3, 0.4) is 0 Å². The zero-order valence-corrected chi connectivity index (χ0v) is 10.9. The quantitative estimate of drug-likeness (QED) is 0.670. The molecule has 3 nitrogen and oxygen atoms in total. The second-order valence-electron chi connectivity index (χ2n) is 3.82. The molecule has 0 aromatic heterocycles. The maximum absolute atomic E-state index is 11.6. The number of thioether (sulfide) groups is 1. The number of hydrogen-bond acceptors (Lipinski definition) is 3. The molecule has 3 N–H and O–H groups in total. The van der Waals surface area contributed by atoms with Crippen LogP contribution in [0.2, 0.25) is 0 Å². The van der Waals surface area contributed by atoms with E-state index in [1.807, 2.05) is 18.7 Å². The molecule has 0 aromatic rings. The fraction of sp³-hybridized carbons (Fsp3) is 0.909. The summed E-state index contributed by atoms with van der Waals surface area (Å²) in [4.78, 5) is 11.6. The van der Waals surface area contributed by atoms with Gasteiger partial charge in [0.1, 0.15) is 0 Å². The Morgan fingerprint density at radius 1 is 1.47 bits per heavy atom. The predicted octanol–water partition coefficient (Wildman–Crippen LogP) is 1.76. The van der Waals surface area contributed by atoms with Crippen LogP contribution in [-0.4, -0.2) is 29.5 Å². The van der Waals surface area contributed by atoms with Gasteiger partial charge in [0.2, 0.25) is 5.91 Å². The summed E-state index contributed by atoms with van der Waals surface area (Å²) in [6.07, 6.45) is 2.89. The van der Waals surface area contributed by atoms with E-state index in [1.165, 1.54) is 0 Å². The van der Waals surface area contributed by atoms with Gasteiger partial charge in [0, 0.05) is 11.8 Å². The van der Waals surface area contributed by atoms with Gasteiger partial charge in [-0.2, -0.15) is 11.8 Å². The van der Waals surface area contributed by atoms with Crippen molar-refractivity contribution in [3.05, 3.63) is 0 Å². The Kier molecular flexibility index (Phi) is 8.91. The molecule has 0 bridgehead atoms. The molecule has 2 unspecified atom stereocenters. The van der Waals surface area contributed by atoms with Gasteiger partial charge in [0.05, 0.1) is 6.04 Å². The highest BCUT2D eigenvalue weighted by Gasteiger charge is 2.14. The number of nitrogens with one attached hydrogen (secondary N) is 1. The van der Waals surface area contributed by atoms with Gasteiger partial charge in [-0.15, -0.1) is 0 Å². The molecule has 0 aliphatic heterocycles. The third-order valence-electron chi connectivity index (χ3n) is 2.17. The van der Waals surface area contributed by atoms with Crippen molar-refractivity contribution >= 4 is 17.7 Å². The number of unbranched alkanes of at least 4 members (excludes halogenated alkanes) is 1. The minimum Gasteiger partial charge on any atom is -0.351 e. The molecule has 90 valence electrons. The van der Waals surface area contributed by atoms with Crippen LogP contribution >= 0.6 is 11.8 Å². The maximum atomic E-state index is 11.6. The van der Waals surface area contributed by atoms with Crippen LogP contribution in [0, 0.1) is 0 Å². The maximum Gasteiger partial charge on any atom is 0.237 e. The standard InChI is InChI=1S/C11H24N2OS/c1-4-6-7-10(12)11(14)13-9(3)8-15-5-2/h9-10H,4-8,12H2,1-3H3,(H,13,14). The molecule has 15 heavy (non-hydrogen) atoms. The van der Waals surface area contributed by atoms with Gasteiger partial charge in [0.15, 0.2) is 0 Å². The van der Waals surface area contributed by atoms with Crippen molar-refractivity contribution in [2.24, 2.45) is 5.73 Å². The van der Waals surface area contributed by atoms with Crippen molar-refractivity contribution < 1.29 is 4.79 Å². The van der Waals surface area contributed by atoms with Gasteiger partial charge < -0.3 is 11.1 Å². The molecule has 0 spiro atoms. The third kappa shape index (κ3) is 7.68. The summed E-state index contributed by atoms with van der Waals surface area (Å²) in [5, 5.41) is 2.94. The van der Waals surface area contributed by atoms with Crippen LogP contribution in [0.15, 0.2) is 0 Å². The van der Waals surface area contributed by atoms with E-state index in [1.54, 1.807) is 0 Å². The van der Waals surface area contributed by atoms with E-state index < -0.39 is 0 Å². The Morgan fingerprint density at radius 2 is 2.13 bits per heavy atom. The summed E-state index contributed by atoms with van der Waals surface area (Å²) in [5.74, 6) is 2.04. The Labute approximate surface area is 97.6 Å². The summed E-state index contributed by atoms with van der Waals surface area (Å²) in [5.41, 5.74) is 5.76. The van der Waals surface area contributed by atoms with E-state index in [9.17, 15) is 4.79 Å². The van der Waals surface area contributed by atoms with Crippen molar-refractivity contribution in [3.63, 3.8) is 0 Å². The lowest BCUT2D eigenvalue weighted by Gasteiger charge is -2.16. The largest absolute Gasteiger partial charge is 0.351 e. The van der Waals surface area contributed by atoms with Crippen LogP contribution in [0.1, 0.15) is 40.0 Å². The number of rotatable bonds is 8. The van der Waals surface area contributed by atoms with Crippen molar-refractivity contribution in [1.82, 2.24) is 5.32 Å². The topological polar surface area (TPSA) is 55.1 Å². The molecule has 0 fully saturated rings. The van der Waals surface area contributed by atoms with E-state index in [2.05, 4.69) is 19.2 Å². The monoisotopic (exact) mass is 232 g/mol. The first-order valence-electron chi connectivity index (χ1n) is 5.75. The lowest BCUT2D eigenvalue weighted by Crippen LogP contribution is -2.45. The van der Waals surface area contributed by atoms with E-state index in [0.717, 1.165) is 30.8 Å². The molecule has 4 heteroatoms. The molecule has 1 amide bonds. The zero-order chi connectivity index (χ0) is 11.7. The normalized spacial score (nSPS) is 14.7. The fourth-order valence-corrected chi connectivity index (χ4v) is 1.91. The van der Waals surface area contributed by atoms with Crippen LogP contribution in [0.25, 0.3) is 0 Å². The van der Waals surface area contributed by atoms with Gasteiger partial charge in [-0.05, 0) is 19.1 Å². The summed E-state index contributed by atoms with van der Waals surface area (Å²) >= 11 is 1.83. The first kappa shape index (κ1) is 14.8. The van der Waals surface area contributed by atoms with Gasteiger partial charge in [-0.3, -0.25) is 4.79 Å². The minimum atomic E-state index is -0.334. The van der Waals surface area contributed by atoms with Crippen LogP contribution in [-0.2, 0) is 4.79 Å². The van der Waals surface area contributed by atoms with Crippen LogP contribution in [0.4, 0.5) is 0 Å². The summed E-state index contributed by atoms with van der Waals surface area (Å²) in [7, 11) is 0. The number of hydrogen-bond donors (Lipinski definition) is 2. The van der Waals surface area contributed by atoms with E-state index >= 15 is 0 Å². The lowest BCUT2D eigenvalue weighted by atomic mass is 10.1. The summed E-state index contributed by atoms with van der Waals surface area (Å²) in [6.45, 7) is 6.24. The summed E-state index contributed by atoms with van der Waals surface area (Å²) < 4.78 is 0. The van der Waals surface area contributed by atoms with E-state index in [4.69, 9.17) is 5.73 Å². The Bertz CT molecular complexity index is 176. The highest BCUT2D eigenvalue weighted by Crippen LogP contribution is 2.03. The highest BCUT2D eigenvalue weighted by atomic mass is 32.2. The highest BCUT2D eigenvalue weighted by molar-refractivity contribution is 7.99. The van der Waals surface area contributed by atoms with Crippen LogP contribution < -0.4 is 11.1 Å². The van der Waals surface area contributed by atoms with Gasteiger partial charge >= 0.3 is 0 Å². The molecular formula is C11H24N2OS. The molecular weight excluding hydrogens is 208 g/mol. The summed E-state index contributed by atoms with van der Waals surface area (Å²) in [6, 6.07) is -0.117. The second kappa shape index (κ2) is 9.04. The third-order valence-corrected chi connectivity index (χ3v) is 3.31. The molecule has 0 saturated carbocycles. The molecule has 0 heterocycles. The van der Waals surface area contributed by atoms with E-state index in [0.29, 0.717) is 0 Å². The molecule has 2 atom stereocenters. The molecule has 0 aromatic carbocycles. The average molecular weight is 232 g/mol. The van der Waals surface area contributed by atoms with Gasteiger partial charge in [0.25, 0.3) is 0 Å². The van der Waals surface area contributed by atoms with Crippen molar-refractivity contribution in [1.29, 1.82) is 0 Å². The van der Waals surface area contributed by atoms with Crippen molar-refractivity contribution in [3.8, 4) is 0 Å². The van der Waals surface area contributed by atoms with Crippen molar-refractivity contribution in [2.75, 3.05) is 11.5 Å². The first-order chi connectivity index (χ1) is 7.11. The van der Waals surface area contributed by atoms with E-state index in [-0.39, 0.29) is 18.0 Å². The second-order valence-corrected chi connectivity index (χ2v) is 5.14. The number of carbonyl (C=O) groups excluding carboxylic acids is 1. The number of nitrogens with two attached hydrogens (primary N) is 1. The Balaban J connectivity index is 3.70. The average Bonchev–Trinajstić information content (AvgIpc) is 2.22. The molecule has 0 radical (unpaired) electrons. The molecule has 0 aliphatic rings. The first-order valence-corrected chi connectivity index (χ1v) is 6.90. The minimum absolute atomic E-state index is 0.00680. The zero-order valence-electron chi connectivity index (χ0n) is 10.1. The number of amides is 1. The smallest absolute Gasteiger partial charge is 0.237 e. The Hall–Kier alpha value is -0.220. The van der Waals surface area contributed by atoms with Crippen LogP contribution in [0.5, 0.6) is 0 Å². The SMILES string of the molecule is CCCCC(N)C(=O)NC(C)CSCC.